The minimum absolute atomic E-state index is 0.0135. The molecule has 0 radical (unpaired) electrons. The van der Waals surface area contributed by atoms with E-state index in [0.29, 0.717) is 32.1 Å². The first-order valence-electron chi connectivity index (χ1n) is 22.3. The zero-order valence-corrected chi connectivity index (χ0v) is 39.8. The van der Waals surface area contributed by atoms with Crippen LogP contribution in [0.2, 0.25) is 0 Å². The molecule has 0 aliphatic carbocycles. The van der Waals surface area contributed by atoms with E-state index in [0.717, 1.165) is 26.5 Å². The van der Waals surface area contributed by atoms with Crippen LogP contribution in [-0.4, -0.2) is 178 Å². The highest BCUT2D eigenvalue weighted by atomic mass is 33.1. The summed E-state index contributed by atoms with van der Waals surface area (Å²) in [5, 5.41) is 48.2. The van der Waals surface area contributed by atoms with Gasteiger partial charge in [0.05, 0.1) is 25.2 Å². The highest BCUT2D eigenvalue weighted by Crippen LogP contribution is 2.24. The van der Waals surface area contributed by atoms with E-state index >= 15 is 0 Å². The van der Waals surface area contributed by atoms with Crippen LogP contribution < -0.4 is 60.2 Å². The van der Waals surface area contributed by atoms with Crippen molar-refractivity contribution in [3.05, 3.63) is 0 Å². The average molecular weight is 991 g/mol. The maximum atomic E-state index is 13.9. The Morgan fingerprint density at radius 2 is 1.21 bits per heavy atom. The molecule has 2 saturated heterocycles. The van der Waals surface area contributed by atoms with E-state index in [2.05, 4.69) is 37.2 Å². The number of rotatable bonds is 15. The van der Waals surface area contributed by atoms with E-state index in [9.17, 15) is 63.3 Å². The van der Waals surface area contributed by atoms with Gasteiger partial charge in [-0.1, -0.05) is 41.9 Å². The van der Waals surface area contributed by atoms with Crippen molar-refractivity contribution in [2.24, 2.45) is 28.9 Å². The normalized spacial score (nSPS) is 28.4. The van der Waals surface area contributed by atoms with Crippen molar-refractivity contribution in [3.63, 3.8) is 0 Å². The molecule has 25 nitrogen and oxygen atoms in total. The molecule has 2 aliphatic heterocycles. The fourth-order valence-electron chi connectivity index (χ4n) is 7.07. The Morgan fingerprint density at radius 1 is 0.701 bits per heavy atom. The molecule has 0 bridgehead atoms. The third kappa shape index (κ3) is 19.0. The van der Waals surface area contributed by atoms with Crippen LogP contribution in [-0.2, 0) is 47.9 Å². The Morgan fingerprint density at radius 3 is 1.73 bits per heavy atom. The molecular weight excluding hydrogens is 921 g/mol. The van der Waals surface area contributed by atoms with E-state index in [1.54, 1.807) is 13.8 Å². The molecule has 9 amide bonds. The van der Waals surface area contributed by atoms with Crippen LogP contribution >= 0.6 is 21.6 Å². The molecule has 0 aromatic heterocycles. The van der Waals surface area contributed by atoms with Gasteiger partial charge < -0.3 is 80.4 Å². The summed E-state index contributed by atoms with van der Waals surface area (Å²) >= 11 is 0. The van der Waals surface area contributed by atoms with E-state index in [1.165, 1.54) is 6.92 Å². The van der Waals surface area contributed by atoms with Gasteiger partial charge in [0.2, 0.25) is 53.2 Å². The van der Waals surface area contributed by atoms with Gasteiger partial charge in [0.1, 0.15) is 48.3 Å². The lowest BCUT2D eigenvalue weighted by molar-refractivity contribution is -0.144. The molecular formula is C40H70N12O13S2. The number of carbonyl (C=O) groups excluding carboxylic acids is 9. The van der Waals surface area contributed by atoms with Crippen molar-refractivity contribution < 1.29 is 63.3 Å². The van der Waals surface area contributed by atoms with Crippen LogP contribution in [0.5, 0.6) is 0 Å². The number of hydrogen-bond acceptors (Lipinski definition) is 17. The Balaban J connectivity index is 2.62. The van der Waals surface area contributed by atoms with Crippen LogP contribution in [0.15, 0.2) is 0 Å². The number of aliphatic hydroxyl groups excluding tert-OH is 2. The van der Waals surface area contributed by atoms with Crippen LogP contribution in [0.4, 0.5) is 0 Å². The van der Waals surface area contributed by atoms with Crippen molar-refractivity contribution >= 4 is 80.7 Å². The number of aliphatic carboxylic acids is 1. The molecule has 0 saturated carbocycles. The third-order valence-electron chi connectivity index (χ3n) is 11.2. The van der Waals surface area contributed by atoms with Crippen molar-refractivity contribution in [2.45, 2.75) is 145 Å². The van der Waals surface area contributed by atoms with Crippen molar-refractivity contribution in [1.29, 1.82) is 0 Å². The van der Waals surface area contributed by atoms with Gasteiger partial charge in [-0.2, -0.15) is 0 Å². The van der Waals surface area contributed by atoms with Gasteiger partial charge in [0.15, 0.2) is 0 Å². The van der Waals surface area contributed by atoms with Gasteiger partial charge in [0.25, 0.3) is 0 Å². The molecule has 2 aliphatic rings. The number of aliphatic hydroxyl groups is 2. The first-order valence-corrected chi connectivity index (χ1v) is 24.8. The second kappa shape index (κ2) is 29.8. The van der Waals surface area contributed by atoms with Crippen LogP contribution in [0, 0.1) is 5.92 Å². The lowest BCUT2D eigenvalue weighted by atomic mass is 9.97. The molecule has 0 aromatic rings. The van der Waals surface area contributed by atoms with E-state index in [4.69, 9.17) is 22.9 Å². The quantitative estimate of drug-likeness (QED) is 0.0538. The minimum atomic E-state index is -1.74. The molecule has 27 heteroatoms. The maximum absolute atomic E-state index is 13.9. The number of fused-ring (bicyclic) bond motifs is 1. The van der Waals surface area contributed by atoms with Gasteiger partial charge in [0, 0.05) is 18.1 Å². The standard InChI is InChI=1S/C40H70N12O13S2/c1-4-20(2)30-37(61)49-27(40(64)65)19-67-66-18-22(43)32(56)45-23(10-5-7-13-41)33(57)46-24(11-6-8-14-42)34(58)47-25(16-29(44)55)35(59)48-26(17-53)39(63)52-15-9-12-28(52)36(60)51-31(21(3)54)38(62)50-30/h20-28,30-31,53-54H,4-19,41-43H2,1-3H3,(H2,44,55)(H,45,56)(H,46,57)(H,47,58)(H,48,59)(H,49,61)(H,50,62)(H,51,60)(H,64,65)/t20-,21+,22-,23-,24-,25-,26-,27-,28-,30-,31-/m0/s1. The van der Waals surface area contributed by atoms with Crippen molar-refractivity contribution in [3.8, 4) is 0 Å². The minimum Gasteiger partial charge on any atom is -0.480 e. The molecule has 11 atom stereocenters. The molecule has 0 unspecified atom stereocenters. The predicted molar refractivity (Wildman–Crippen MR) is 247 cm³/mol. The van der Waals surface area contributed by atoms with Gasteiger partial charge in [-0.15, -0.1) is 0 Å². The fraction of sp³-hybridized carbons (Fsp3) is 0.750. The Kier molecular flexibility index (Phi) is 26.0. The first-order chi connectivity index (χ1) is 31.7. The van der Waals surface area contributed by atoms with Gasteiger partial charge in [-0.25, -0.2) is 4.79 Å². The molecule has 2 rings (SSSR count). The van der Waals surface area contributed by atoms with Crippen LogP contribution in [0.1, 0.15) is 85.0 Å². The molecule has 67 heavy (non-hydrogen) atoms. The lowest BCUT2D eigenvalue weighted by Gasteiger charge is -2.31. The third-order valence-corrected chi connectivity index (χ3v) is 13.7. The maximum Gasteiger partial charge on any atom is 0.327 e. The SMILES string of the molecule is CC[C@H](C)[C@@H]1NC(=O)[C@H]([C@@H](C)O)NC(=O)[C@@H]2CCCN2C(=O)[C@H](CO)NC(=O)[C@H](CC(N)=O)NC(=O)[C@H](CCCCN)NC(=O)[C@H](CCCCN)NC(=O)[C@@H](N)CSSC[C@@H](C(=O)O)NC1=O. The van der Waals surface area contributed by atoms with Crippen LogP contribution in [0.25, 0.3) is 0 Å². The monoisotopic (exact) mass is 990 g/mol. The van der Waals surface area contributed by atoms with Crippen LogP contribution in [0.3, 0.4) is 0 Å². The number of primary amides is 1. The average Bonchev–Trinajstić information content (AvgIpc) is 3.78. The summed E-state index contributed by atoms with van der Waals surface area (Å²) in [4.78, 5) is 135. The summed E-state index contributed by atoms with van der Waals surface area (Å²) in [5.41, 5.74) is 22.9. The molecule has 2 fully saturated rings. The topological polar surface area (TPSA) is 423 Å². The molecule has 0 spiro atoms. The smallest absolute Gasteiger partial charge is 0.327 e. The van der Waals surface area contributed by atoms with Crippen molar-refractivity contribution in [2.75, 3.05) is 37.7 Å². The number of hydrogen-bond donors (Lipinski definition) is 14. The Hall–Kier alpha value is -4.80. The second-order valence-electron chi connectivity index (χ2n) is 16.5. The van der Waals surface area contributed by atoms with E-state index < -0.39 is 139 Å². The zero-order chi connectivity index (χ0) is 50.4. The summed E-state index contributed by atoms with van der Waals surface area (Å²) in [5.74, 6) is -10.7. The largest absolute Gasteiger partial charge is 0.480 e. The van der Waals surface area contributed by atoms with E-state index in [-0.39, 0.29) is 56.8 Å². The fourth-order valence-corrected chi connectivity index (χ4v) is 9.35. The summed E-state index contributed by atoms with van der Waals surface area (Å²) in [7, 11) is 1.99. The zero-order valence-electron chi connectivity index (χ0n) is 38.2. The van der Waals surface area contributed by atoms with Gasteiger partial charge in [-0.05, 0) is 77.3 Å². The number of nitrogens with zero attached hydrogens (tertiary/aromatic N) is 1. The molecule has 0 aromatic carbocycles. The highest BCUT2D eigenvalue weighted by Gasteiger charge is 2.41. The molecule has 380 valence electrons. The highest BCUT2D eigenvalue weighted by molar-refractivity contribution is 8.76. The number of carboxylic acid groups (broad SMARTS) is 1. The summed E-state index contributed by atoms with van der Waals surface area (Å²) in [6.07, 6.45) is -0.0463. The summed E-state index contributed by atoms with van der Waals surface area (Å²) < 4.78 is 0. The predicted octanol–water partition coefficient (Wildman–Crippen LogP) is -5.27. The number of amides is 9. The van der Waals surface area contributed by atoms with Gasteiger partial charge >= 0.3 is 5.97 Å². The number of unbranched alkanes of at least 4 members (excludes halogenated alkanes) is 2. The Bertz CT molecular complexity index is 1730. The van der Waals surface area contributed by atoms with Gasteiger partial charge in [-0.3, -0.25) is 43.2 Å². The number of nitrogens with one attached hydrogen (secondary N) is 7. The lowest BCUT2D eigenvalue weighted by Crippen LogP contribution is -2.62. The molecule has 18 N–H and O–H groups in total. The van der Waals surface area contributed by atoms with Crippen molar-refractivity contribution in [1.82, 2.24) is 42.1 Å². The Labute approximate surface area is 397 Å². The second-order valence-corrected chi connectivity index (χ2v) is 19.1. The number of carbonyl (C=O) groups is 10. The van der Waals surface area contributed by atoms with E-state index in [1.807, 2.05) is 0 Å². The molecule has 2 heterocycles. The number of nitrogens with two attached hydrogens (primary N) is 4. The summed E-state index contributed by atoms with van der Waals surface area (Å²) in [6, 6.07) is -13.1. The number of carboxylic acids is 1. The first kappa shape index (κ1) is 58.3. The summed E-state index contributed by atoms with van der Waals surface area (Å²) in [6.45, 7) is 3.99.